The zero-order valence-corrected chi connectivity index (χ0v) is 12.4. The molecule has 0 saturated heterocycles. The molecule has 1 unspecified atom stereocenters. The number of nitrogens with zero attached hydrogens (tertiary/aromatic N) is 2. The molecule has 0 aliphatic carbocycles. The molecule has 0 aromatic heterocycles. The fourth-order valence-electron chi connectivity index (χ4n) is 2.26. The second kappa shape index (κ2) is 6.20. The Kier molecular flexibility index (Phi) is 2.22. The minimum Gasteiger partial charge on any atom is -0.497 e. The minimum absolute atomic E-state index is 0.0486. The molecule has 0 spiro atoms. The van der Waals surface area contributed by atoms with Gasteiger partial charge in [0, 0.05) is 23.0 Å². The monoisotopic (exact) mass is 318 g/mol. The van der Waals surface area contributed by atoms with Crippen molar-refractivity contribution in [2.24, 2.45) is 4.99 Å². The van der Waals surface area contributed by atoms with Crippen LogP contribution in [-0.4, -0.2) is 29.6 Å². The maximum atomic E-state index is 13.0. The average molecular weight is 318 g/mol. The Hall–Kier alpha value is -2.69. The summed E-state index contributed by atoms with van der Waals surface area (Å²) in [5, 5.41) is 2.60. The smallest absolute Gasteiger partial charge is 0.308 e. The van der Waals surface area contributed by atoms with E-state index in [1.807, 2.05) is 0 Å². The van der Waals surface area contributed by atoms with Gasteiger partial charge in [-0.15, -0.1) is 0 Å². The number of rotatable bonds is 4. The van der Waals surface area contributed by atoms with Crippen molar-refractivity contribution in [3.8, 4) is 5.75 Å². The minimum atomic E-state index is -2.79. The first-order chi connectivity index (χ1) is 14.3. The van der Waals surface area contributed by atoms with Crippen LogP contribution in [0, 0.1) is 0 Å². The summed E-state index contributed by atoms with van der Waals surface area (Å²) in [5.74, 6) is -0.414. The van der Waals surface area contributed by atoms with E-state index in [4.69, 9.17) is 15.7 Å². The maximum Gasteiger partial charge on any atom is 0.308 e. The number of amidine groups is 1. The predicted octanol–water partition coefficient (Wildman–Crippen LogP) is 2.39. The molecule has 2 aliphatic rings. The quantitative estimate of drug-likeness (QED) is 0.867. The molecule has 118 valence electrons. The topological polar surface area (TPSA) is 53.7 Å². The Bertz CT molecular complexity index is 1050. The number of amides is 1. The third kappa shape index (κ3) is 3.08. The van der Waals surface area contributed by atoms with Gasteiger partial charge in [0.05, 0.1) is 21.1 Å². The summed E-state index contributed by atoms with van der Waals surface area (Å²) in [6.45, 7) is -5.46. The highest BCUT2D eigenvalue weighted by atomic mass is 16.5. The Morgan fingerprint density at radius 2 is 2.48 bits per heavy atom. The van der Waals surface area contributed by atoms with Gasteiger partial charge in [-0.1, -0.05) is 18.2 Å². The Morgan fingerprint density at radius 1 is 1.57 bits per heavy atom. The van der Waals surface area contributed by atoms with E-state index < -0.39 is 43.3 Å². The number of ether oxygens (including phenoxy) is 1. The van der Waals surface area contributed by atoms with E-state index in [2.05, 4.69) is 10.3 Å². The molecule has 0 fully saturated rings. The molecule has 23 heavy (non-hydrogen) atoms. The van der Waals surface area contributed by atoms with Crippen LogP contribution in [0.15, 0.2) is 52.3 Å². The summed E-state index contributed by atoms with van der Waals surface area (Å²) in [4.78, 5) is 16.9. The lowest BCUT2D eigenvalue weighted by Crippen LogP contribution is -2.32. The molecular formula is C18H20N3O2+. The summed E-state index contributed by atoms with van der Waals surface area (Å²) in [6.07, 6.45) is -0.542. The fourth-order valence-corrected chi connectivity index (χ4v) is 2.26. The van der Waals surface area contributed by atoms with Crippen molar-refractivity contribution >= 4 is 18.0 Å². The van der Waals surface area contributed by atoms with E-state index in [9.17, 15) is 4.79 Å². The molecule has 2 aliphatic heterocycles. The molecule has 1 N–H and O–H groups in total. The van der Waals surface area contributed by atoms with Gasteiger partial charge >= 0.3 is 5.84 Å². The third-order valence-corrected chi connectivity index (χ3v) is 3.36. The zero-order chi connectivity index (χ0) is 23.1. The van der Waals surface area contributed by atoms with Gasteiger partial charge in [-0.3, -0.25) is 4.79 Å². The van der Waals surface area contributed by atoms with Crippen molar-refractivity contribution in [1.29, 1.82) is 0 Å². The van der Waals surface area contributed by atoms with E-state index in [1.54, 1.807) is 24.3 Å². The van der Waals surface area contributed by atoms with Gasteiger partial charge in [0.25, 0.3) is 5.91 Å². The lowest BCUT2D eigenvalue weighted by atomic mass is 10.2. The number of methoxy groups -OCH3 is 1. The number of nitrogens with one attached hydrogen (secondary N) is 1. The molecule has 5 nitrogen and oxygen atoms in total. The van der Waals surface area contributed by atoms with Crippen molar-refractivity contribution in [1.82, 2.24) is 5.32 Å². The first-order valence-electron chi connectivity index (χ1n) is 10.9. The molecular weight excluding hydrogens is 290 g/mol. The van der Waals surface area contributed by atoms with Gasteiger partial charge in [-0.2, -0.15) is 4.58 Å². The number of hydrogen-bond donors (Lipinski definition) is 1. The maximum absolute atomic E-state index is 13.0. The first kappa shape index (κ1) is 8.24. The van der Waals surface area contributed by atoms with Gasteiger partial charge in [-0.05, 0) is 35.1 Å². The van der Waals surface area contributed by atoms with Crippen LogP contribution in [0.3, 0.4) is 0 Å². The lowest BCUT2D eigenvalue weighted by Gasteiger charge is -2.10. The van der Waals surface area contributed by atoms with E-state index in [1.165, 1.54) is 7.11 Å². The number of fused-ring (bicyclic) bond motifs is 1. The molecule has 2 heterocycles. The molecule has 5 heteroatoms. The highest BCUT2D eigenvalue weighted by Crippen LogP contribution is 2.21. The lowest BCUT2D eigenvalue weighted by molar-refractivity contribution is -0.337. The second-order valence-electron chi connectivity index (χ2n) is 4.90. The Morgan fingerprint density at radius 3 is 3.26 bits per heavy atom. The molecule has 1 aromatic carbocycles. The normalized spacial score (nSPS) is 26.2. The van der Waals surface area contributed by atoms with Crippen LogP contribution in [0.4, 0.5) is 0 Å². The van der Waals surface area contributed by atoms with Crippen LogP contribution in [-0.2, 0) is 11.3 Å². The highest BCUT2D eigenvalue weighted by Gasteiger charge is 2.35. The van der Waals surface area contributed by atoms with Gasteiger partial charge in [0.1, 0.15) is 5.75 Å². The van der Waals surface area contributed by atoms with Crippen molar-refractivity contribution in [3.63, 3.8) is 0 Å². The van der Waals surface area contributed by atoms with E-state index in [0.29, 0.717) is 11.3 Å². The van der Waals surface area contributed by atoms with Crippen LogP contribution < -0.4 is 10.1 Å². The third-order valence-electron chi connectivity index (χ3n) is 3.36. The van der Waals surface area contributed by atoms with E-state index >= 15 is 0 Å². The number of benzene rings is 1. The molecule has 0 saturated carbocycles. The Balaban J connectivity index is 2.00. The van der Waals surface area contributed by atoms with E-state index in [0.717, 1.165) is 10.8 Å². The van der Waals surface area contributed by atoms with Gasteiger partial charge in [0.2, 0.25) is 11.4 Å². The molecule has 0 bridgehead atoms. The van der Waals surface area contributed by atoms with Crippen molar-refractivity contribution in [2.45, 2.75) is 26.6 Å². The molecule has 1 atom stereocenters. The van der Waals surface area contributed by atoms with Crippen LogP contribution >= 0.6 is 0 Å². The van der Waals surface area contributed by atoms with Gasteiger partial charge in [-0.25, -0.2) is 0 Å². The first-order valence-corrected chi connectivity index (χ1v) is 6.86. The molecule has 1 amide bonds. The van der Waals surface area contributed by atoms with Gasteiger partial charge in [0.15, 0.2) is 0 Å². The fraction of sp³-hybridized carbons (Fsp3) is 0.278. The zero-order valence-electron chi connectivity index (χ0n) is 20.4. The Labute approximate surface area is 146 Å². The molecule has 3 rings (SSSR count). The number of hydrogen-bond acceptors (Lipinski definition) is 3. The standard InChI is InChI=1S/C18H19N3O2/c1-12-7-8-16-20-13(2)17(21(16)11-12)18(22)19-10-14-5-4-6-15(9-14)23-3/h4-7,9,11H,8,10H2,1-3H3/p+1/i1D3,2D3,7D,8D. The summed E-state index contributed by atoms with van der Waals surface area (Å²) >= 11 is 0. The largest absolute Gasteiger partial charge is 0.497 e. The number of allylic oxidation sites excluding steroid dienone is 2. The summed E-state index contributed by atoms with van der Waals surface area (Å²) in [5.41, 5.74) is -0.695. The predicted molar refractivity (Wildman–Crippen MR) is 89.7 cm³/mol. The highest BCUT2D eigenvalue weighted by molar-refractivity contribution is 6.00. The van der Waals surface area contributed by atoms with E-state index in [-0.39, 0.29) is 18.1 Å². The van der Waals surface area contributed by atoms with Crippen LogP contribution in [0.25, 0.3) is 0 Å². The van der Waals surface area contributed by atoms with Crippen LogP contribution in [0.1, 0.15) is 36.6 Å². The number of carbonyl (C=O) groups is 1. The number of carbonyl (C=O) groups excluding carboxylic acids is 1. The average Bonchev–Trinajstić information content (AvgIpc) is 3.08. The van der Waals surface area contributed by atoms with Crippen LogP contribution in [0.2, 0.25) is 0 Å². The second-order valence-corrected chi connectivity index (χ2v) is 4.90. The van der Waals surface area contributed by atoms with Crippen molar-refractivity contribution < 1.29 is 25.1 Å². The van der Waals surface area contributed by atoms with Gasteiger partial charge < -0.3 is 10.1 Å². The number of aliphatic imine (C=N–C) groups is 1. The SMILES string of the molecule is [2H]C1=C(C([2H])([2H])[2H])C=[N+]2C(=NC(C([2H])([2H])[2H])=C2C(=O)NCc2cccc(OC)c2)C1[2H]. The summed E-state index contributed by atoms with van der Waals surface area (Å²) in [6, 6.07) is 6.39. The summed E-state index contributed by atoms with van der Waals surface area (Å²) < 4.78 is 68.4. The molecule has 1 aromatic rings. The molecule has 0 radical (unpaired) electrons. The van der Waals surface area contributed by atoms with Crippen molar-refractivity contribution in [3.05, 3.63) is 52.8 Å². The summed E-state index contributed by atoms with van der Waals surface area (Å²) in [7, 11) is 1.50. The van der Waals surface area contributed by atoms with Crippen LogP contribution in [0.5, 0.6) is 5.75 Å². The van der Waals surface area contributed by atoms with Crippen molar-refractivity contribution in [2.75, 3.05) is 7.11 Å².